The van der Waals surface area contributed by atoms with E-state index >= 15 is 0 Å². The molecule has 11 heavy (non-hydrogen) atoms. The summed E-state index contributed by atoms with van der Waals surface area (Å²) >= 11 is 0. The maximum Gasteiger partial charge on any atom is 0.186 e. The highest BCUT2D eigenvalue weighted by atomic mass is 16.9. The molecule has 3 aliphatic rings. The minimum Gasteiger partial charge on any atom is -0.267 e. The number of hydroxylamine groups is 2. The molecule has 0 saturated carbocycles. The van der Waals surface area contributed by atoms with Crippen molar-refractivity contribution in [3.8, 4) is 0 Å². The highest BCUT2D eigenvalue weighted by molar-refractivity contribution is 5.25. The average molecular weight is 151 g/mol. The molecule has 2 aliphatic heterocycles. The molecule has 0 aromatic heterocycles. The normalized spacial score (nSPS) is 47.3. The molecule has 3 rings (SSSR count). The van der Waals surface area contributed by atoms with Crippen LogP contribution in [0, 0.1) is 0 Å². The van der Waals surface area contributed by atoms with Crippen LogP contribution in [0.25, 0.3) is 0 Å². The molecular formula is C9H13NO. The summed E-state index contributed by atoms with van der Waals surface area (Å²) in [6.07, 6.45) is 8.76. The van der Waals surface area contributed by atoms with Crippen LogP contribution in [0.1, 0.15) is 32.1 Å². The van der Waals surface area contributed by atoms with Gasteiger partial charge in [0.1, 0.15) is 0 Å². The van der Waals surface area contributed by atoms with Crippen molar-refractivity contribution in [2.45, 2.75) is 37.8 Å². The Morgan fingerprint density at radius 2 is 2.45 bits per heavy atom. The predicted molar refractivity (Wildman–Crippen MR) is 41.7 cm³/mol. The van der Waals surface area contributed by atoms with Crippen molar-refractivity contribution in [2.75, 3.05) is 6.54 Å². The van der Waals surface area contributed by atoms with Crippen LogP contribution in [-0.2, 0) is 4.84 Å². The smallest absolute Gasteiger partial charge is 0.186 e. The van der Waals surface area contributed by atoms with E-state index < -0.39 is 0 Å². The van der Waals surface area contributed by atoms with E-state index in [2.05, 4.69) is 11.1 Å². The first-order chi connectivity index (χ1) is 5.42. The van der Waals surface area contributed by atoms with Crippen molar-refractivity contribution in [1.82, 2.24) is 5.06 Å². The van der Waals surface area contributed by atoms with Crippen molar-refractivity contribution in [2.24, 2.45) is 0 Å². The van der Waals surface area contributed by atoms with Crippen LogP contribution in [0.4, 0.5) is 0 Å². The molecule has 2 fully saturated rings. The van der Waals surface area contributed by atoms with E-state index in [1.807, 2.05) is 0 Å². The number of hydrogen-bond acceptors (Lipinski definition) is 2. The van der Waals surface area contributed by atoms with Gasteiger partial charge in [-0.1, -0.05) is 6.08 Å². The summed E-state index contributed by atoms with van der Waals surface area (Å²) in [6.45, 7) is 1.15. The first-order valence-corrected chi connectivity index (χ1v) is 4.58. The standard InChI is InChI=1S/C9H13NO/c1-2-6-9-8(4-1)5-3-7-10(9)11-9/h4H,1-3,5-7H2. The lowest BCUT2D eigenvalue weighted by molar-refractivity contribution is 0.198. The maximum atomic E-state index is 5.63. The van der Waals surface area contributed by atoms with Gasteiger partial charge in [0, 0.05) is 6.54 Å². The van der Waals surface area contributed by atoms with E-state index in [-0.39, 0.29) is 5.72 Å². The monoisotopic (exact) mass is 151 g/mol. The third kappa shape index (κ3) is 0.690. The van der Waals surface area contributed by atoms with Gasteiger partial charge in [0.05, 0.1) is 0 Å². The number of hydrogen-bond donors (Lipinski definition) is 0. The van der Waals surface area contributed by atoms with Gasteiger partial charge in [-0.05, 0) is 37.7 Å². The van der Waals surface area contributed by atoms with E-state index in [0.29, 0.717) is 0 Å². The zero-order valence-electron chi connectivity index (χ0n) is 6.68. The second kappa shape index (κ2) is 1.87. The Hall–Kier alpha value is -0.340. The lowest BCUT2D eigenvalue weighted by Crippen LogP contribution is -2.28. The lowest BCUT2D eigenvalue weighted by Gasteiger charge is -2.23. The molecule has 0 aromatic carbocycles. The molecule has 2 nitrogen and oxygen atoms in total. The second-order valence-electron chi connectivity index (χ2n) is 3.70. The van der Waals surface area contributed by atoms with E-state index in [4.69, 9.17) is 4.84 Å². The van der Waals surface area contributed by atoms with Crippen LogP contribution in [0.15, 0.2) is 11.6 Å². The van der Waals surface area contributed by atoms with Gasteiger partial charge in [0.25, 0.3) is 0 Å². The Bertz CT molecular complexity index is 224. The van der Waals surface area contributed by atoms with Crippen molar-refractivity contribution in [3.63, 3.8) is 0 Å². The van der Waals surface area contributed by atoms with Gasteiger partial charge < -0.3 is 0 Å². The molecule has 2 heteroatoms. The minimum absolute atomic E-state index is 0.135. The molecule has 1 aliphatic carbocycles. The Labute approximate surface area is 66.8 Å². The number of allylic oxidation sites excluding steroid dienone is 1. The summed E-state index contributed by atoms with van der Waals surface area (Å²) < 4.78 is 0. The molecule has 0 amide bonds. The van der Waals surface area contributed by atoms with Crippen LogP contribution < -0.4 is 0 Å². The number of nitrogens with zero attached hydrogens (tertiary/aromatic N) is 1. The van der Waals surface area contributed by atoms with E-state index in [9.17, 15) is 0 Å². The van der Waals surface area contributed by atoms with E-state index in [0.717, 1.165) is 6.54 Å². The SMILES string of the molecule is C1=C2CCCN3OC23CCC1. The quantitative estimate of drug-likeness (QED) is 0.387. The summed E-state index contributed by atoms with van der Waals surface area (Å²) in [7, 11) is 0. The molecule has 2 saturated heterocycles. The summed E-state index contributed by atoms with van der Waals surface area (Å²) in [4.78, 5) is 5.63. The molecule has 60 valence electrons. The molecule has 2 heterocycles. The fourth-order valence-electron chi connectivity index (χ4n) is 2.43. The van der Waals surface area contributed by atoms with Gasteiger partial charge in [-0.3, -0.25) is 4.84 Å². The molecular weight excluding hydrogens is 138 g/mol. The lowest BCUT2D eigenvalue weighted by atomic mass is 9.87. The Morgan fingerprint density at radius 3 is 3.36 bits per heavy atom. The fraction of sp³-hybridized carbons (Fsp3) is 0.778. The van der Waals surface area contributed by atoms with Crippen molar-refractivity contribution >= 4 is 0 Å². The van der Waals surface area contributed by atoms with Crippen molar-refractivity contribution < 1.29 is 4.84 Å². The Balaban J connectivity index is 1.97. The molecule has 0 bridgehead atoms. The first-order valence-electron chi connectivity index (χ1n) is 4.58. The van der Waals surface area contributed by atoms with Crippen LogP contribution in [-0.4, -0.2) is 17.3 Å². The van der Waals surface area contributed by atoms with Crippen LogP contribution in [0.2, 0.25) is 0 Å². The third-order valence-corrected chi connectivity index (χ3v) is 3.05. The van der Waals surface area contributed by atoms with Gasteiger partial charge >= 0.3 is 0 Å². The molecule has 1 spiro atoms. The maximum absolute atomic E-state index is 5.63. The molecule has 0 N–H and O–H groups in total. The number of piperidine rings is 1. The zero-order valence-corrected chi connectivity index (χ0v) is 6.68. The van der Waals surface area contributed by atoms with E-state index in [1.54, 1.807) is 5.57 Å². The molecule has 2 unspecified atom stereocenters. The zero-order chi connectivity index (χ0) is 7.31. The summed E-state index contributed by atoms with van der Waals surface area (Å²) in [6, 6.07) is 0. The topological polar surface area (TPSA) is 15.5 Å². The highest BCUT2D eigenvalue weighted by Gasteiger charge is 2.59. The van der Waals surface area contributed by atoms with Gasteiger partial charge in [-0.25, -0.2) is 0 Å². The van der Waals surface area contributed by atoms with Gasteiger partial charge in [-0.2, -0.15) is 0 Å². The molecule has 2 atom stereocenters. The van der Waals surface area contributed by atoms with Crippen LogP contribution in [0.3, 0.4) is 0 Å². The largest absolute Gasteiger partial charge is 0.267 e. The average Bonchev–Trinajstić information content (AvgIpc) is 2.75. The van der Waals surface area contributed by atoms with Gasteiger partial charge in [0.2, 0.25) is 0 Å². The van der Waals surface area contributed by atoms with Crippen LogP contribution >= 0.6 is 0 Å². The van der Waals surface area contributed by atoms with Crippen LogP contribution in [0.5, 0.6) is 0 Å². The van der Waals surface area contributed by atoms with E-state index in [1.165, 1.54) is 32.1 Å². The summed E-state index contributed by atoms with van der Waals surface area (Å²) in [5, 5.41) is 2.17. The first kappa shape index (κ1) is 6.21. The van der Waals surface area contributed by atoms with Crippen molar-refractivity contribution in [3.05, 3.63) is 11.6 Å². The Kier molecular flexibility index (Phi) is 1.06. The predicted octanol–water partition coefficient (Wildman–Crippen LogP) is 1.83. The minimum atomic E-state index is 0.135. The van der Waals surface area contributed by atoms with Gasteiger partial charge in [0.15, 0.2) is 5.72 Å². The molecule has 0 aromatic rings. The summed E-state index contributed by atoms with van der Waals surface area (Å²) in [5.41, 5.74) is 1.70. The Morgan fingerprint density at radius 1 is 1.45 bits per heavy atom. The van der Waals surface area contributed by atoms with Gasteiger partial charge in [-0.15, -0.1) is 5.06 Å². The number of rotatable bonds is 0. The second-order valence-corrected chi connectivity index (χ2v) is 3.70. The molecule has 0 radical (unpaired) electrons. The fourth-order valence-corrected chi connectivity index (χ4v) is 2.43. The van der Waals surface area contributed by atoms with Crippen molar-refractivity contribution in [1.29, 1.82) is 0 Å². The summed E-state index contributed by atoms with van der Waals surface area (Å²) in [5.74, 6) is 0. The highest BCUT2D eigenvalue weighted by Crippen LogP contribution is 2.52. The third-order valence-electron chi connectivity index (χ3n) is 3.05.